The third-order valence-corrected chi connectivity index (χ3v) is 5.00. The fraction of sp³-hybridized carbons (Fsp3) is 0.238. The largest absolute Gasteiger partial charge is 0.484 e. The van der Waals surface area contributed by atoms with E-state index in [1.54, 1.807) is 48.0 Å². The van der Waals surface area contributed by atoms with Crippen molar-refractivity contribution in [1.82, 2.24) is 15.3 Å². The first-order chi connectivity index (χ1) is 14.1. The smallest absolute Gasteiger partial charge is 0.257 e. The van der Waals surface area contributed by atoms with E-state index < -0.39 is 0 Å². The van der Waals surface area contributed by atoms with Crippen molar-refractivity contribution in [2.75, 3.05) is 13.2 Å². The molecule has 0 bridgehead atoms. The molecule has 2 amide bonds. The van der Waals surface area contributed by atoms with Crippen molar-refractivity contribution in [3.63, 3.8) is 0 Å². The van der Waals surface area contributed by atoms with E-state index in [-0.39, 0.29) is 24.8 Å². The molecule has 0 saturated heterocycles. The first-order valence-electron chi connectivity index (χ1n) is 9.21. The number of thiazole rings is 1. The highest BCUT2D eigenvalue weighted by Crippen LogP contribution is 2.21. The minimum atomic E-state index is -0.385. The van der Waals surface area contributed by atoms with Crippen LogP contribution in [0, 0.1) is 0 Å². The molecule has 3 N–H and O–H groups in total. The Morgan fingerprint density at radius 3 is 2.59 bits per heavy atom. The minimum Gasteiger partial charge on any atom is -0.484 e. The summed E-state index contributed by atoms with van der Waals surface area (Å²) in [6, 6.07) is 10.8. The van der Waals surface area contributed by atoms with Gasteiger partial charge in [-0.25, -0.2) is 4.98 Å². The monoisotopic (exact) mass is 410 g/mol. The summed E-state index contributed by atoms with van der Waals surface area (Å²) in [6.45, 7) is 0.503. The summed E-state index contributed by atoms with van der Waals surface area (Å²) in [5.41, 5.74) is 7.97. The lowest BCUT2D eigenvalue weighted by atomic mass is 10.1. The van der Waals surface area contributed by atoms with Gasteiger partial charge in [0, 0.05) is 36.3 Å². The van der Waals surface area contributed by atoms with E-state index >= 15 is 0 Å². The van der Waals surface area contributed by atoms with E-state index in [0.717, 1.165) is 34.7 Å². The molecule has 1 aromatic carbocycles. The van der Waals surface area contributed by atoms with Crippen molar-refractivity contribution in [3.05, 3.63) is 64.7 Å². The molecule has 2 heterocycles. The van der Waals surface area contributed by atoms with E-state index in [2.05, 4.69) is 15.3 Å². The van der Waals surface area contributed by atoms with Crippen molar-refractivity contribution >= 4 is 23.2 Å². The number of hydrogen-bond acceptors (Lipinski definition) is 6. The van der Waals surface area contributed by atoms with Crippen LogP contribution in [0.5, 0.6) is 5.75 Å². The van der Waals surface area contributed by atoms with Crippen molar-refractivity contribution in [2.45, 2.75) is 19.3 Å². The van der Waals surface area contributed by atoms with Crippen LogP contribution in [0.3, 0.4) is 0 Å². The van der Waals surface area contributed by atoms with Gasteiger partial charge in [-0.3, -0.25) is 14.6 Å². The number of nitrogens with zero attached hydrogens (tertiary/aromatic N) is 2. The normalized spacial score (nSPS) is 10.5. The Balaban J connectivity index is 1.34. The topological polar surface area (TPSA) is 107 Å². The van der Waals surface area contributed by atoms with Gasteiger partial charge < -0.3 is 15.8 Å². The highest BCUT2D eigenvalue weighted by molar-refractivity contribution is 7.09. The molecule has 8 heteroatoms. The van der Waals surface area contributed by atoms with Crippen molar-refractivity contribution in [3.8, 4) is 17.0 Å². The number of ether oxygens (including phenoxy) is 1. The second-order valence-corrected chi connectivity index (χ2v) is 7.33. The van der Waals surface area contributed by atoms with Gasteiger partial charge in [-0.05, 0) is 36.2 Å². The highest BCUT2D eigenvalue weighted by atomic mass is 32.1. The van der Waals surface area contributed by atoms with Crippen LogP contribution in [0.2, 0.25) is 0 Å². The van der Waals surface area contributed by atoms with E-state index in [1.807, 2.05) is 17.5 Å². The number of aryl methyl sites for hydroxylation is 1. The maximum absolute atomic E-state index is 11.9. The second-order valence-electron chi connectivity index (χ2n) is 6.39. The lowest BCUT2D eigenvalue weighted by molar-refractivity contribution is -0.123. The van der Waals surface area contributed by atoms with Crippen molar-refractivity contribution < 1.29 is 14.3 Å². The number of rotatable bonds is 10. The average Bonchev–Trinajstić information content (AvgIpc) is 3.20. The number of benzene rings is 1. The molecule has 0 fully saturated rings. The Morgan fingerprint density at radius 2 is 1.86 bits per heavy atom. The van der Waals surface area contributed by atoms with Crippen LogP contribution in [-0.4, -0.2) is 34.9 Å². The predicted molar refractivity (Wildman–Crippen MR) is 112 cm³/mol. The first kappa shape index (κ1) is 20.5. The number of nitrogens with one attached hydrogen (secondary N) is 1. The zero-order valence-electron chi connectivity index (χ0n) is 15.8. The molecule has 2 aromatic heterocycles. The maximum Gasteiger partial charge on any atom is 0.257 e. The molecule has 0 unspecified atom stereocenters. The molecule has 0 aliphatic rings. The molecule has 150 valence electrons. The summed E-state index contributed by atoms with van der Waals surface area (Å²) in [6.07, 6.45) is 5.29. The van der Waals surface area contributed by atoms with Crippen LogP contribution < -0.4 is 15.8 Å². The molecule has 0 atom stereocenters. The zero-order chi connectivity index (χ0) is 20.5. The van der Waals surface area contributed by atoms with Crippen LogP contribution in [0.25, 0.3) is 11.3 Å². The number of nitrogens with two attached hydrogens (primary N) is 1. The van der Waals surface area contributed by atoms with E-state index in [1.165, 1.54) is 0 Å². The van der Waals surface area contributed by atoms with Gasteiger partial charge in [0.15, 0.2) is 6.61 Å². The molecular weight excluding hydrogens is 388 g/mol. The van der Waals surface area contributed by atoms with Gasteiger partial charge in [0.1, 0.15) is 5.75 Å². The van der Waals surface area contributed by atoms with Crippen LogP contribution in [0.1, 0.15) is 17.0 Å². The average molecular weight is 410 g/mol. The summed E-state index contributed by atoms with van der Waals surface area (Å²) in [7, 11) is 0. The number of hydrogen-bond donors (Lipinski definition) is 2. The van der Waals surface area contributed by atoms with E-state index in [9.17, 15) is 9.59 Å². The van der Waals surface area contributed by atoms with Crippen LogP contribution in [0.15, 0.2) is 54.2 Å². The minimum absolute atomic E-state index is 0.0569. The molecule has 3 rings (SSSR count). The molecule has 3 aromatic rings. The van der Waals surface area contributed by atoms with Crippen molar-refractivity contribution in [1.29, 1.82) is 0 Å². The molecule has 0 spiro atoms. The fourth-order valence-corrected chi connectivity index (χ4v) is 3.50. The molecule has 0 aliphatic carbocycles. The van der Waals surface area contributed by atoms with Crippen molar-refractivity contribution in [2.24, 2.45) is 5.73 Å². The third-order valence-electron chi connectivity index (χ3n) is 4.09. The Kier molecular flexibility index (Phi) is 7.29. The molecule has 7 nitrogen and oxygen atoms in total. The number of carbonyl (C=O) groups is 2. The summed E-state index contributed by atoms with van der Waals surface area (Å²) in [4.78, 5) is 31.4. The Hall–Kier alpha value is -3.26. The third kappa shape index (κ3) is 6.69. The van der Waals surface area contributed by atoms with Crippen LogP contribution >= 0.6 is 11.3 Å². The zero-order valence-corrected chi connectivity index (χ0v) is 16.7. The van der Waals surface area contributed by atoms with Crippen LogP contribution in [0.4, 0.5) is 0 Å². The van der Waals surface area contributed by atoms with Crippen LogP contribution in [-0.2, 0) is 22.4 Å². The molecule has 0 saturated carbocycles. The summed E-state index contributed by atoms with van der Waals surface area (Å²) in [5.74, 6) is 0.00649. The molecule has 0 radical (unpaired) electrons. The lowest BCUT2D eigenvalue weighted by Gasteiger charge is -2.08. The quantitative estimate of drug-likeness (QED) is 0.499. The van der Waals surface area contributed by atoms with Gasteiger partial charge in [0.25, 0.3) is 5.91 Å². The van der Waals surface area contributed by atoms with E-state index in [0.29, 0.717) is 12.3 Å². The molecule has 0 aliphatic heterocycles. The van der Waals surface area contributed by atoms with Gasteiger partial charge in [-0.1, -0.05) is 12.1 Å². The Labute approximate surface area is 173 Å². The molecule has 29 heavy (non-hydrogen) atoms. The first-order valence-corrected chi connectivity index (χ1v) is 10.1. The van der Waals surface area contributed by atoms with Gasteiger partial charge in [0.2, 0.25) is 5.91 Å². The fourth-order valence-electron chi connectivity index (χ4n) is 2.65. The lowest BCUT2D eigenvalue weighted by Crippen LogP contribution is -2.29. The van der Waals surface area contributed by atoms with Gasteiger partial charge >= 0.3 is 0 Å². The van der Waals surface area contributed by atoms with Gasteiger partial charge in [-0.15, -0.1) is 11.3 Å². The summed E-state index contributed by atoms with van der Waals surface area (Å²) < 4.78 is 5.45. The summed E-state index contributed by atoms with van der Waals surface area (Å²) in [5, 5.41) is 5.92. The number of carbonyl (C=O) groups excluding carboxylic acids is 2. The Morgan fingerprint density at radius 1 is 1.10 bits per heavy atom. The SMILES string of the molecule is NC(=O)Cc1ccc(OCC(=O)NCCCc2nc(-c3ccncc3)cs2)cc1. The van der Waals surface area contributed by atoms with E-state index in [4.69, 9.17) is 10.5 Å². The number of pyridine rings is 1. The maximum atomic E-state index is 11.9. The second kappa shape index (κ2) is 10.3. The van der Waals surface area contributed by atoms with Gasteiger partial charge in [0.05, 0.1) is 17.1 Å². The standard InChI is InChI=1S/C21H22N4O3S/c22-19(26)12-15-3-5-17(6-4-15)28-13-20(27)24-9-1-2-21-25-18(14-29-21)16-7-10-23-11-8-16/h3-8,10-11,14H,1-2,9,12-13H2,(H2,22,26)(H,24,27). The molecular formula is C21H22N4O3S. The Bertz CT molecular complexity index is 942. The number of amides is 2. The number of aromatic nitrogens is 2. The summed E-state index contributed by atoms with van der Waals surface area (Å²) >= 11 is 1.62. The highest BCUT2D eigenvalue weighted by Gasteiger charge is 2.06. The number of primary amides is 1. The predicted octanol–water partition coefficient (Wildman–Crippen LogP) is 2.36. The van der Waals surface area contributed by atoms with Gasteiger partial charge in [-0.2, -0.15) is 0 Å².